The second kappa shape index (κ2) is 5.21. The molecule has 4 heteroatoms. The number of urea groups is 1. The number of benzene rings is 1. The Morgan fingerprint density at radius 3 is 2.74 bits per heavy atom. The highest BCUT2D eigenvalue weighted by atomic mass is 16.2. The monoisotopic (exact) mass is 259 g/mol. The molecule has 0 spiro atoms. The predicted octanol–water partition coefficient (Wildman–Crippen LogP) is 2.55. The molecule has 0 saturated heterocycles. The van der Waals surface area contributed by atoms with E-state index in [0.717, 1.165) is 30.5 Å². The first-order chi connectivity index (χ1) is 9.25. The number of nitrogens with zero attached hydrogens (tertiary/aromatic N) is 1. The number of nitrogens with two attached hydrogens (primary N) is 1. The average molecular weight is 259 g/mol. The van der Waals surface area contributed by atoms with Crippen LogP contribution in [0.5, 0.6) is 0 Å². The van der Waals surface area contributed by atoms with E-state index in [1.54, 1.807) is 0 Å². The molecule has 3 rings (SSSR count). The van der Waals surface area contributed by atoms with E-state index in [-0.39, 0.29) is 12.1 Å². The van der Waals surface area contributed by atoms with E-state index in [1.807, 2.05) is 29.2 Å². The highest BCUT2D eigenvalue weighted by Crippen LogP contribution is 2.32. The zero-order chi connectivity index (χ0) is 13.2. The zero-order valence-corrected chi connectivity index (χ0v) is 11.1. The number of hydrogen-bond acceptors (Lipinski definition) is 2. The molecule has 2 aliphatic rings. The minimum absolute atomic E-state index is 0.0336. The number of amides is 2. The Kier molecular flexibility index (Phi) is 3.42. The summed E-state index contributed by atoms with van der Waals surface area (Å²) in [5, 5.41) is 3.15. The van der Waals surface area contributed by atoms with Crippen molar-refractivity contribution in [1.29, 1.82) is 0 Å². The van der Waals surface area contributed by atoms with Gasteiger partial charge in [-0.15, -0.1) is 0 Å². The first kappa shape index (κ1) is 12.5. The second-order valence-electron chi connectivity index (χ2n) is 5.54. The third-order valence-electron chi connectivity index (χ3n) is 4.22. The Hall–Kier alpha value is -1.55. The molecular formula is C15H21N3O. The molecule has 1 saturated carbocycles. The highest BCUT2D eigenvalue weighted by Gasteiger charge is 2.28. The van der Waals surface area contributed by atoms with Crippen molar-refractivity contribution in [2.75, 3.05) is 11.4 Å². The topological polar surface area (TPSA) is 58.4 Å². The maximum Gasteiger partial charge on any atom is 0.322 e. The second-order valence-corrected chi connectivity index (χ2v) is 5.54. The lowest BCUT2D eigenvalue weighted by atomic mass is 9.97. The van der Waals surface area contributed by atoms with Gasteiger partial charge in [0.25, 0.3) is 0 Å². The molecule has 3 N–H and O–H groups in total. The van der Waals surface area contributed by atoms with Gasteiger partial charge >= 0.3 is 6.03 Å². The number of hydrogen-bond donors (Lipinski definition) is 2. The number of rotatable bonds is 1. The first-order valence-electron chi connectivity index (χ1n) is 7.18. The van der Waals surface area contributed by atoms with E-state index in [0.29, 0.717) is 12.6 Å². The van der Waals surface area contributed by atoms with Gasteiger partial charge in [-0.2, -0.15) is 0 Å². The first-order valence-corrected chi connectivity index (χ1v) is 7.18. The summed E-state index contributed by atoms with van der Waals surface area (Å²) in [4.78, 5) is 14.2. The lowest BCUT2D eigenvalue weighted by Gasteiger charge is -2.33. The fourth-order valence-electron chi connectivity index (χ4n) is 3.12. The van der Waals surface area contributed by atoms with Crippen LogP contribution in [0.15, 0.2) is 24.3 Å². The maximum absolute atomic E-state index is 12.4. The van der Waals surface area contributed by atoms with Gasteiger partial charge in [-0.25, -0.2) is 4.79 Å². The Labute approximate surface area is 114 Å². The molecule has 1 aliphatic carbocycles. The van der Waals surface area contributed by atoms with Crippen molar-refractivity contribution in [3.8, 4) is 0 Å². The fraction of sp³-hybridized carbons (Fsp3) is 0.533. The molecule has 0 aromatic heterocycles. The van der Waals surface area contributed by atoms with Crippen LogP contribution < -0.4 is 16.0 Å². The van der Waals surface area contributed by atoms with Gasteiger partial charge in [-0.3, -0.25) is 4.90 Å². The number of anilines is 1. The van der Waals surface area contributed by atoms with Gasteiger partial charge in [0, 0.05) is 18.6 Å². The molecule has 19 heavy (non-hydrogen) atoms. The van der Waals surface area contributed by atoms with E-state index in [4.69, 9.17) is 5.73 Å². The number of fused-ring (bicyclic) bond motifs is 1. The van der Waals surface area contributed by atoms with Crippen LogP contribution in [0.3, 0.4) is 0 Å². The Balaban J connectivity index is 1.77. The molecule has 1 unspecified atom stereocenters. The number of carbonyl (C=O) groups excluding carboxylic acids is 1. The summed E-state index contributed by atoms with van der Waals surface area (Å²) in [5.74, 6) is 0. The van der Waals surface area contributed by atoms with Crippen molar-refractivity contribution in [3.63, 3.8) is 0 Å². The van der Waals surface area contributed by atoms with Crippen molar-refractivity contribution in [2.24, 2.45) is 5.73 Å². The molecular weight excluding hydrogens is 238 g/mol. The lowest BCUT2D eigenvalue weighted by molar-refractivity contribution is 0.242. The smallest absolute Gasteiger partial charge is 0.322 e. The Morgan fingerprint density at radius 1 is 1.21 bits per heavy atom. The van der Waals surface area contributed by atoms with E-state index in [9.17, 15) is 4.79 Å². The molecule has 1 heterocycles. The molecule has 1 atom stereocenters. The molecule has 0 bridgehead atoms. The quantitative estimate of drug-likeness (QED) is 0.814. The largest absolute Gasteiger partial charge is 0.335 e. The number of carbonyl (C=O) groups is 1. The molecule has 1 aliphatic heterocycles. The molecule has 4 nitrogen and oxygen atoms in total. The van der Waals surface area contributed by atoms with Gasteiger partial charge in [0.15, 0.2) is 0 Å². The molecule has 2 amide bonds. The third kappa shape index (κ3) is 2.45. The van der Waals surface area contributed by atoms with Crippen molar-refractivity contribution in [1.82, 2.24) is 5.32 Å². The summed E-state index contributed by atoms with van der Waals surface area (Å²) in [6, 6.07) is 8.40. The minimum Gasteiger partial charge on any atom is -0.335 e. The van der Waals surface area contributed by atoms with Crippen LogP contribution in [0.1, 0.15) is 43.7 Å². The summed E-state index contributed by atoms with van der Waals surface area (Å²) < 4.78 is 0. The SMILES string of the molecule is NC1CCN(C(=O)NC2CCCC2)c2ccccc21. The average Bonchev–Trinajstić information content (AvgIpc) is 2.92. The van der Waals surface area contributed by atoms with Crippen LogP contribution in [0.25, 0.3) is 0 Å². The predicted molar refractivity (Wildman–Crippen MR) is 76.1 cm³/mol. The van der Waals surface area contributed by atoms with E-state index in [1.165, 1.54) is 12.8 Å². The van der Waals surface area contributed by atoms with Gasteiger partial charge in [-0.1, -0.05) is 31.0 Å². The normalized spacial score (nSPS) is 23.2. The number of para-hydroxylation sites is 1. The molecule has 1 aromatic carbocycles. The lowest BCUT2D eigenvalue weighted by Crippen LogP contribution is -2.47. The molecule has 1 fully saturated rings. The zero-order valence-electron chi connectivity index (χ0n) is 11.1. The van der Waals surface area contributed by atoms with Gasteiger partial charge in [-0.05, 0) is 30.9 Å². The van der Waals surface area contributed by atoms with Crippen LogP contribution in [0.4, 0.5) is 10.5 Å². The summed E-state index contributed by atoms with van der Waals surface area (Å²) in [6.07, 6.45) is 5.51. The van der Waals surface area contributed by atoms with Crippen molar-refractivity contribution < 1.29 is 4.79 Å². The Morgan fingerprint density at radius 2 is 1.95 bits per heavy atom. The molecule has 102 valence electrons. The van der Waals surface area contributed by atoms with Crippen molar-refractivity contribution in [3.05, 3.63) is 29.8 Å². The summed E-state index contributed by atoms with van der Waals surface area (Å²) in [7, 11) is 0. The van der Waals surface area contributed by atoms with Crippen molar-refractivity contribution in [2.45, 2.75) is 44.2 Å². The molecule has 1 aromatic rings. The number of nitrogens with one attached hydrogen (secondary N) is 1. The standard InChI is InChI=1S/C15H21N3O/c16-13-9-10-18(14-8-4-3-7-12(13)14)15(19)17-11-5-1-2-6-11/h3-4,7-8,11,13H,1-2,5-6,9-10,16H2,(H,17,19). The van der Waals surface area contributed by atoms with Crippen LogP contribution in [-0.2, 0) is 0 Å². The third-order valence-corrected chi connectivity index (χ3v) is 4.22. The molecule has 0 radical (unpaired) electrons. The summed E-state index contributed by atoms with van der Waals surface area (Å²) in [5.41, 5.74) is 8.16. The van der Waals surface area contributed by atoms with Crippen LogP contribution in [0, 0.1) is 0 Å². The van der Waals surface area contributed by atoms with E-state index < -0.39 is 0 Å². The van der Waals surface area contributed by atoms with Crippen LogP contribution in [0.2, 0.25) is 0 Å². The van der Waals surface area contributed by atoms with Gasteiger partial charge in [0.2, 0.25) is 0 Å². The highest BCUT2D eigenvalue weighted by molar-refractivity contribution is 5.93. The van der Waals surface area contributed by atoms with Gasteiger partial charge < -0.3 is 11.1 Å². The van der Waals surface area contributed by atoms with Crippen molar-refractivity contribution >= 4 is 11.7 Å². The Bertz CT molecular complexity index is 468. The summed E-state index contributed by atoms with van der Waals surface area (Å²) >= 11 is 0. The van der Waals surface area contributed by atoms with Crippen LogP contribution >= 0.6 is 0 Å². The fourth-order valence-corrected chi connectivity index (χ4v) is 3.12. The van der Waals surface area contributed by atoms with E-state index >= 15 is 0 Å². The van der Waals surface area contributed by atoms with Crippen LogP contribution in [-0.4, -0.2) is 18.6 Å². The maximum atomic E-state index is 12.4. The van der Waals surface area contributed by atoms with Gasteiger partial charge in [0.1, 0.15) is 0 Å². The minimum atomic E-state index is 0.0336. The van der Waals surface area contributed by atoms with Gasteiger partial charge in [0.05, 0.1) is 5.69 Å². The van der Waals surface area contributed by atoms with E-state index in [2.05, 4.69) is 5.32 Å². The summed E-state index contributed by atoms with van der Waals surface area (Å²) in [6.45, 7) is 0.705.